The molecule has 0 spiro atoms. The van der Waals surface area contributed by atoms with Crippen LogP contribution in [-0.2, 0) is 11.3 Å². The first-order valence-electron chi connectivity index (χ1n) is 4.60. The molecule has 0 aliphatic carbocycles. The Morgan fingerprint density at radius 3 is 2.93 bits per heavy atom. The van der Waals surface area contributed by atoms with Crippen molar-refractivity contribution in [3.8, 4) is 0 Å². The Kier molecular flexibility index (Phi) is 3.05. The van der Waals surface area contributed by atoms with Crippen LogP contribution in [0, 0.1) is 6.92 Å². The number of pyridine rings is 1. The minimum absolute atomic E-state index is 0.0608. The molecule has 0 unspecified atom stereocenters. The first-order valence-corrected chi connectivity index (χ1v) is 5.48. The highest BCUT2D eigenvalue weighted by Gasteiger charge is 2.20. The van der Waals surface area contributed by atoms with E-state index in [1.807, 2.05) is 13.0 Å². The minimum atomic E-state index is 0.0608. The van der Waals surface area contributed by atoms with Gasteiger partial charge in [-0.05, 0) is 24.1 Å². The lowest BCUT2D eigenvalue weighted by Gasteiger charge is -2.25. The molecule has 14 heavy (non-hydrogen) atoms. The average molecular weight is 211 g/mol. The SMILES string of the molecule is Cc1cc(CO)cnc1SC1COC1. The van der Waals surface area contributed by atoms with Gasteiger partial charge >= 0.3 is 0 Å². The third-order valence-corrected chi connectivity index (χ3v) is 3.41. The summed E-state index contributed by atoms with van der Waals surface area (Å²) in [4.78, 5) is 4.32. The van der Waals surface area contributed by atoms with E-state index in [0.717, 1.165) is 29.4 Å². The maximum atomic E-state index is 8.93. The van der Waals surface area contributed by atoms with E-state index in [4.69, 9.17) is 9.84 Å². The Morgan fingerprint density at radius 1 is 1.64 bits per heavy atom. The first kappa shape index (κ1) is 9.96. The number of hydrogen-bond donors (Lipinski definition) is 1. The lowest BCUT2D eigenvalue weighted by molar-refractivity contribution is 0.0454. The zero-order chi connectivity index (χ0) is 9.97. The number of aryl methyl sites for hydroxylation is 1. The normalized spacial score (nSPS) is 16.7. The summed E-state index contributed by atoms with van der Waals surface area (Å²) in [5.74, 6) is 0. The van der Waals surface area contributed by atoms with Gasteiger partial charge in [-0.15, -0.1) is 0 Å². The molecule has 76 valence electrons. The number of aromatic nitrogens is 1. The maximum absolute atomic E-state index is 8.93. The first-order chi connectivity index (χ1) is 6.79. The van der Waals surface area contributed by atoms with Crippen molar-refractivity contribution in [2.75, 3.05) is 13.2 Å². The van der Waals surface area contributed by atoms with Crippen molar-refractivity contribution in [1.82, 2.24) is 4.98 Å². The summed E-state index contributed by atoms with van der Waals surface area (Å²) in [6, 6.07) is 1.98. The van der Waals surface area contributed by atoms with Crippen LogP contribution in [0.3, 0.4) is 0 Å². The second-order valence-electron chi connectivity index (χ2n) is 3.40. The fourth-order valence-electron chi connectivity index (χ4n) is 1.27. The van der Waals surface area contributed by atoms with Crippen LogP contribution in [-0.4, -0.2) is 28.6 Å². The van der Waals surface area contributed by atoms with Crippen molar-refractivity contribution in [2.45, 2.75) is 23.8 Å². The highest BCUT2D eigenvalue weighted by molar-refractivity contribution is 8.00. The van der Waals surface area contributed by atoms with Gasteiger partial charge in [0.15, 0.2) is 0 Å². The van der Waals surface area contributed by atoms with E-state index in [2.05, 4.69) is 4.98 Å². The summed E-state index contributed by atoms with van der Waals surface area (Å²) in [6.07, 6.45) is 1.73. The van der Waals surface area contributed by atoms with Gasteiger partial charge in [0.2, 0.25) is 0 Å². The maximum Gasteiger partial charge on any atom is 0.0993 e. The van der Waals surface area contributed by atoms with Crippen molar-refractivity contribution >= 4 is 11.8 Å². The van der Waals surface area contributed by atoms with E-state index in [9.17, 15) is 0 Å². The molecular formula is C10H13NO2S. The van der Waals surface area contributed by atoms with Crippen LogP contribution >= 0.6 is 11.8 Å². The molecular weight excluding hydrogens is 198 g/mol. The summed E-state index contributed by atoms with van der Waals surface area (Å²) in [6.45, 7) is 3.74. The molecule has 0 atom stereocenters. The third kappa shape index (κ3) is 2.08. The Bertz CT molecular complexity index is 326. The molecule has 0 radical (unpaired) electrons. The second-order valence-corrected chi connectivity index (χ2v) is 4.69. The second kappa shape index (κ2) is 4.29. The van der Waals surface area contributed by atoms with Gasteiger partial charge in [0.25, 0.3) is 0 Å². The Hall–Kier alpha value is -0.580. The molecule has 3 nitrogen and oxygen atoms in total. The lowest BCUT2D eigenvalue weighted by Crippen LogP contribution is -2.30. The number of hydrogen-bond acceptors (Lipinski definition) is 4. The van der Waals surface area contributed by atoms with Crippen molar-refractivity contribution < 1.29 is 9.84 Å². The molecule has 2 heterocycles. The topological polar surface area (TPSA) is 42.4 Å². The summed E-state index contributed by atoms with van der Waals surface area (Å²) in [5.41, 5.74) is 2.00. The molecule has 1 aliphatic heterocycles. The van der Waals surface area contributed by atoms with Crippen LogP contribution in [0.4, 0.5) is 0 Å². The third-order valence-electron chi connectivity index (χ3n) is 2.16. The van der Waals surface area contributed by atoms with Crippen molar-refractivity contribution in [3.63, 3.8) is 0 Å². The summed E-state index contributed by atoms with van der Waals surface area (Å²) < 4.78 is 5.10. The molecule has 2 rings (SSSR count). The molecule has 0 aromatic carbocycles. The van der Waals surface area contributed by atoms with Crippen molar-refractivity contribution in [2.24, 2.45) is 0 Å². The lowest BCUT2D eigenvalue weighted by atomic mass is 10.2. The zero-order valence-electron chi connectivity index (χ0n) is 8.06. The summed E-state index contributed by atoms with van der Waals surface area (Å²) >= 11 is 1.76. The Morgan fingerprint density at radius 2 is 2.43 bits per heavy atom. The minimum Gasteiger partial charge on any atom is -0.392 e. The van der Waals surface area contributed by atoms with Crippen LogP contribution in [0.2, 0.25) is 0 Å². The molecule has 4 heteroatoms. The number of thioether (sulfide) groups is 1. The molecule has 0 amide bonds. The fourth-order valence-corrected chi connectivity index (χ4v) is 2.27. The fraction of sp³-hybridized carbons (Fsp3) is 0.500. The Balaban J connectivity index is 2.09. The molecule has 1 N–H and O–H groups in total. The summed E-state index contributed by atoms with van der Waals surface area (Å²) in [5, 5.41) is 10.5. The quantitative estimate of drug-likeness (QED) is 0.820. The van der Waals surface area contributed by atoms with Crippen LogP contribution < -0.4 is 0 Å². The molecule has 1 aromatic rings. The van der Waals surface area contributed by atoms with E-state index in [-0.39, 0.29) is 6.61 Å². The largest absolute Gasteiger partial charge is 0.392 e. The van der Waals surface area contributed by atoms with E-state index in [1.54, 1.807) is 18.0 Å². The van der Waals surface area contributed by atoms with Gasteiger partial charge in [-0.25, -0.2) is 4.98 Å². The number of nitrogens with zero attached hydrogens (tertiary/aromatic N) is 1. The number of aliphatic hydroxyl groups excluding tert-OH is 1. The average Bonchev–Trinajstić information content (AvgIpc) is 2.13. The molecule has 1 aromatic heterocycles. The van der Waals surface area contributed by atoms with Crippen molar-refractivity contribution in [1.29, 1.82) is 0 Å². The monoisotopic (exact) mass is 211 g/mol. The van der Waals surface area contributed by atoms with Gasteiger partial charge in [0, 0.05) is 6.20 Å². The standard InChI is InChI=1S/C10H13NO2S/c1-7-2-8(4-12)3-11-10(7)14-9-5-13-6-9/h2-3,9,12H,4-6H2,1H3. The molecule has 0 bridgehead atoms. The molecule has 1 fully saturated rings. The smallest absolute Gasteiger partial charge is 0.0993 e. The van der Waals surface area contributed by atoms with Gasteiger partial charge in [0.1, 0.15) is 0 Å². The Labute approximate surface area is 87.5 Å². The van der Waals surface area contributed by atoms with Gasteiger partial charge in [-0.3, -0.25) is 0 Å². The van der Waals surface area contributed by atoms with Gasteiger partial charge in [-0.1, -0.05) is 11.8 Å². The van der Waals surface area contributed by atoms with Crippen LogP contribution in [0.1, 0.15) is 11.1 Å². The highest BCUT2D eigenvalue weighted by Crippen LogP contribution is 2.28. The highest BCUT2D eigenvalue weighted by atomic mass is 32.2. The molecule has 1 aliphatic rings. The predicted octanol–water partition coefficient (Wildman–Crippen LogP) is 1.37. The zero-order valence-corrected chi connectivity index (χ0v) is 8.88. The van der Waals surface area contributed by atoms with E-state index in [0.29, 0.717) is 5.25 Å². The van der Waals surface area contributed by atoms with Crippen LogP contribution in [0.5, 0.6) is 0 Å². The summed E-state index contributed by atoms with van der Waals surface area (Å²) in [7, 11) is 0. The van der Waals surface area contributed by atoms with E-state index < -0.39 is 0 Å². The van der Waals surface area contributed by atoms with Gasteiger partial charge in [0.05, 0.1) is 30.1 Å². The van der Waals surface area contributed by atoms with Crippen molar-refractivity contribution in [3.05, 3.63) is 23.4 Å². The van der Waals surface area contributed by atoms with Crippen LogP contribution in [0.25, 0.3) is 0 Å². The predicted molar refractivity (Wildman–Crippen MR) is 55.4 cm³/mol. The molecule has 1 saturated heterocycles. The van der Waals surface area contributed by atoms with E-state index >= 15 is 0 Å². The molecule has 0 saturated carbocycles. The number of rotatable bonds is 3. The number of aliphatic hydroxyl groups is 1. The van der Waals surface area contributed by atoms with Crippen LogP contribution in [0.15, 0.2) is 17.3 Å². The van der Waals surface area contributed by atoms with E-state index in [1.165, 1.54) is 0 Å². The number of ether oxygens (including phenoxy) is 1. The van der Waals surface area contributed by atoms with Gasteiger partial charge < -0.3 is 9.84 Å². The van der Waals surface area contributed by atoms with Gasteiger partial charge in [-0.2, -0.15) is 0 Å².